The van der Waals surface area contributed by atoms with E-state index in [1.54, 1.807) is 0 Å². The van der Waals surface area contributed by atoms with E-state index in [2.05, 4.69) is 31.1 Å². The van der Waals surface area contributed by atoms with Crippen molar-refractivity contribution in [1.29, 1.82) is 0 Å². The highest BCUT2D eigenvalue weighted by atomic mass is 32.2. The van der Waals surface area contributed by atoms with Crippen LogP contribution in [0.1, 0.15) is 40.0 Å². The van der Waals surface area contributed by atoms with Crippen LogP contribution in [0.2, 0.25) is 0 Å². The molecule has 3 heteroatoms. The van der Waals surface area contributed by atoms with Gasteiger partial charge in [0, 0.05) is 11.3 Å². The summed E-state index contributed by atoms with van der Waals surface area (Å²) >= 11 is 1.90. The van der Waals surface area contributed by atoms with Gasteiger partial charge >= 0.3 is 0 Å². The molecule has 0 saturated heterocycles. The van der Waals surface area contributed by atoms with Crippen molar-refractivity contribution in [2.75, 3.05) is 6.54 Å². The summed E-state index contributed by atoms with van der Waals surface area (Å²) in [7, 11) is 0. The molecule has 0 aromatic heterocycles. The first-order valence-corrected chi connectivity index (χ1v) is 7.00. The molecule has 0 amide bonds. The van der Waals surface area contributed by atoms with Crippen LogP contribution in [-0.4, -0.2) is 23.0 Å². The van der Waals surface area contributed by atoms with Crippen LogP contribution >= 0.6 is 11.8 Å². The molecule has 2 aliphatic rings. The van der Waals surface area contributed by atoms with Crippen molar-refractivity contribution in [2.45, 2.75) is 51.3 Å². The fraction of sp³-hybridized carbons (Fsp3) is 0.917. The summed E-state index contributed by atoms with van der Waals surface area (Å²) in [6.45, 7) is 7.98. The second kappa shape index (κ2) is 4.77. The van der Waals surface area contributed by atoms with Gasteiger partial charge in [-0.05, 0) is 31.1 Å². The Morgan fingerprint density at radius 3 is 2.67 bits per heavy atom. The first-order chi connectivity index (χ1) is 7.15. The summed E-state index contributed by atoms with van der Waals surface area (Å²) < 4.78 is 0. The predicted molar refractivity (Wildman–Crippen MR) is 68.5 cm³/mol. The number of amidine groups is 1. The average Bonchev–Trinajstić information content (AvgIpc) is 2.56. The van der Waals surface area contributed by atoms with Crippen molar-refractivity contribution in [1.82, 2.24) is 5.32 Å². The minimum atomic E-state index is 0.665. The number of hydrogen-bond donors (Lipinski definition) is 1. The molecule has 0 radical (unpaired) electrons. The first-order valence-electron chi connectivity index (χ1n) is 6.12. The van der Waals surface area contributed by atoms with Crippen LogP contribution in [0, 0.1) is 11.8 Å². The third-order valence-corrected chi connectivity index (χ3v) is 4.57. The van der Waals surface area contributed by atoms with Crippen LogP contribution in [0.5, 0.6) is 0 Å². The van der Waals surface area contributed by atoms with E-state index < -0.39 is 0 Å². The number of nitrogens with one attached hydrogen (secondary N) is 1. The molecule has 86 valence electrons. The molecular weight excluding hydrogens is 204 g/mol. The largest absolute Gasteiger partial charge is 0.362 e. The van der Waals surface area contributed by atoms with Crippen LogP contribution in [0.3, 0.4) is 0 Å². The van der Waals surface area contributed by atoms with E-state index in [-0.39, 0.29) is 0 Å². The molecule has 4 atom stereocenters. The molecule has 4 unspecified atom stereocenters. The second-order valence-electron chi connectivity index (χ2n) is 5.22. The molecule has 15 heavy (non-hydrogen) atoms. The summed E-state index contributed by atoms with van der Waals surface area (Å²) in [5.41, 5.74) is 0. The van der Waals surface area contributed by atoms with Gasteiger partial charge in [0.25, 0.3) is 0 Å². The van der Waals surface area contributed by atoms with Gasteiger partial charge in [-0.25, -0.2) is 0 Å². The van der Waals surface area contributed by atoms with Crippen LogP contribution in [-0.2, 0) is 0 Å². The highest BCUT2D eigenvalue weighted by molar-refractivity contribution is 8.14. The lowest BCUT2D eigenvalue weighted by Gasteiger charge is -2.33. The van der Waals surface area contributed by atoms with Gasteiger partial charge in [0.2, 0.25) is 0 Å². The fourth-order valence-corrected chi connectivity index (χ4v) is 3.49. The minimum absolute atomic E-state index is 0.665. The van der Waals surface area contributed by atoms with E-state index in [9.17, 15) is 0 Å². The van der Waals surface area contributed by atoms with Gasteiger partial charge in [-0.15, -0.1) is 0 Å². The van der Waals surface area contributed by atoms with E-state index in [1.807, 2.05) is 11.8 Å². The molecule has 1 aliphatic heterocycles. The lowest BCUT2D eigenvalue weighted by molar-refractivity contribution is 0.248. The minimum Gasteiger partial charge on any atom is -0.362 e. The highest BCUT2D eigenvalue weighted by Gasteiger charge is 2.27. The maximum absolute atomic E-state index is 4.53. The molecule has 0 aromatic rings. The van der Waals surface area contributed by atoms with Crippen LogP contribution in [0.4, 0.5) is 0 Å². The molecule has 1 N–H and O–H groups in total. The molecule has 2 nitrogen and oxygen atoms in total. The number of nitrogens with zero attached hydrogens (tertiary/aromatic N) is 1. The van der Waals surface area contributed by atoms with Crippen LogP contribution in [0.15, 0.2) is 4.99 Å². The number of hydrogen-bond acceptors (Lipinski definition) is 3. The Kier molecular flexibility index (Phi) is 3.60. The topological polar surface area (TPSA) is 24.4 Å². The molecule has 0 spiro atoms. The maximum atomic E-state index is 4.53. The van der Waals surface area contributed by atoms with E-state index >= 15 is 0 Å². The fourth-order valence-electron chi connectivity index (χ4n) is 2.59. The van der Waals surface area contributed by atoms with Gasteiger partial charge < -0.3 is 5.32 Å². The zero-order valence-electron chi connectivity index (χ0n) is 9.99. The maximum Gasteiger partial charge on any atom is 0.157 e. The SMILES string of the molecule is CC1CCC(NC2=NCC(C)S2)C(C)C1. The summed E-state index contributed by atoms with van der Waals surface area (Å²) in [5.74, 6) is 1.71. The van der Waals surface area contributed by atoms with Crippen molar-refractivity contribution in [2.24, 2.45) is 16.8 Å². The Hall–Kier alpha value is -0.180. The standard InChI is InChI=1S/C12H22N2S/c1-8-4-5-11(9(2)6-8)14-12-13-7-10(3)15-12/h8-11H,4-7H2,1-3H3,(H,13,14). The van der Waals surface area contributed by atoms with Crippen molar-refractivity contribution in [3.05, 3.63) is 0 Å². The van der Waals surface area contributed by atoms with Gasteiger partial charge in [0.15, 0.2) is 5.17 Å². The Morgan fingerprint density at radius 1 is 1.27 bits per heavy atom. The molecule has 0 aromatic carbocycles. The van der Waals surface area contributed by atoms with Crippen molar-refractivity contribution >= 4 is 16.9 Å². The predicted octanol–water partition coefficient (Wildman–Crippen LogP) is 2.89. The lowest BCUT2D eigenvalue weighted by atomic mass is 9.80. The molecule has 1 saturated carbocycles. The third-order valence-electron chi connectivity index (χ3n) is 3.55. The van der Waals surface area contributed by atoms with Gasteiger partial charge in [0.1, 0.15) is 0 Å². The van der Waals surface area contributed by atoms with Crippen molar-refractivity contribution in [3.63, 3.8) is 0 Å². The first kappa shape index (κ1) is 11.3. The molecule has 2 rings (SSSR count). The van der Waals surface area contributed by atoms with Gasteiger partial charge in [0.05, 0.1) is 6.54 Å². The van der Waals surface area contributed by atoms with E-state index in [4.69, 9.17) is 0 Å². The summed E-state index contributed by atoms with van der Waals surface area (Å²) in [5, 5.41) is 5.49. The Labute approximate surface area is 97.3 Å². The van der Waals surface area contributed by atoms with E-state index in [0.717, 1.165) is 18.4 Å². The molecular formula is C12H22N2S. The lowest BCUT2D eigenvalue weighted by Crippen LogP contribution is -2.41. The summed E-state index contributed by atoms with van der Waals surface area (Å²) in [6.07, 6.45) is 4.05. The van der Waals surface area contributed by atoms with Crippen LogP contribution in [0.25, 0.3) is 0 Å². The third kappa shape index (κ3) is 2.90. The Balaban J connectivity index is 1.84. The number of rotatable bonds is 1. The summed E-state index contributed by atoms with van der Waals surface area (Å²) in [6, 6.07) is 0.665. The second-order valence-corrected chi connectivity index (χ2v) is 6.65. The van der Waals surface area contributed by atoms with Crippen molar-refractivity contribution < 1.29 is 0 Å². The van der Waals surface area contributed by atoms with Crippen molar-refractivity contribution in [3.8, 4) is 0 Å². The number of aliphatic imine (C=N–C) groups is 1. The Morgan fingerprint density at radius 2 is 2.07 bits per heavy atom. The zero-order chi connectivity index (χ0) is 10.8. The normalized spacial score (nSPS) is 41.4. The van der Waals surface area contributed by atoms with Gasteiger partial charge in [-0.2, -0.15) is 0 Å². The zero-order valence-corrected chi connectivity index (χ0v) is 10.8. The molecule has 1 fully saturated rings. The van der Waals surface area contributed by atoms with E-state index in [0.29, 0.717) is 11.3 Å². The molecule has 1 heterocycles. The smallest absolute Gasteiger partial charge is 0.157 e. The number of thioether (sulfide) groups is 1. The van der Waals surface area contributed by atoms with Gasteiger partial charge in [-0.1, -0.05) is 32.5 Å². The Bertz CT molecular complexity index is 252. The van der Waals surface area contributed by atoms with Gasteiger partial charge in [-0.3, -0.25) is 4.99 Å². The quantitative estimate of drug-likeness (QED) is 0.743. The highest BCUT2D eigenvalue weighted by Crippen LogP contribution is 2.30. The molecule has 0 bridgehead atoms. The molecule has 1 aliphatic carbocycles. The average molecular weight is 226 g/mol. The monoisotopic (exact) mass is 226 g/mol. The van der Waals surface area contributed by atoms with Crippen LogP contribution < -0.4 is 5.32 Å². The van der Waals surface area contributed by atoms with E-state index in [1.165, 1.54) is 24.4 Å². The summed E-state index contributed by atoms with van der Waals surface area (Å²) in [4.78, 5) is 4.53.